The lowest BCUT2D eigenvalue weighted by Gasteiger charge is -2.56. The fourth-order valence-electron chi connectivity index (χ4n) is 6.83. The van der Waals surface area contributed by atoms with Gasteiger partial charge in [0.05, 0.1) is 11.6 Å². The summed E-state index contributed by atoms with van der Waals surface area (Å²) in [5, 5.41) is 7.17. The number of nitrogens with one attached hydrogen (secondary N) is 1. The standard InChI is InChI=1S/C21H30N4O2/c1-24-13-17(12-23-24)11-22-19(26)18-3-2-4-25(18)20(27)21-8-14-5-15(9-21)7-16(6-14)10-21/h12-16,18H,2-11H2,1H3,(H,22,26). The van der Waals surface area contributed by atoms with Crippen LogP contribution in [-0.4, -0.2) is 39.1 Å². The quantitative estimate of drug-likeness (QED) is 0.884. The zero-order valence-electron chi connectivity index (χ0n) is 16.2. The van der Waals surface area contributed by atoms with Gasteiger partial charge >= 0.3 is 0 Å². The maximum Gasteiger partial charge on any atom is 0.243 e. The minimum absolute atomic E-state index is 0.00516. The zero-order chi connectivity index (χ0) is 18.6. The van der Waals surface area contributed by atoms with Crippen molar-refractivity contribution in [1.29, 1.82) is 0 Å². The van der Waals surface area contributed by atoms with Crippen molar-refractivity contribution < 1.29 is 9.59 Å². The minimum atomic E-state index is -0.290. The normalized spacial score (nSPS) is 37.0. The summed E-state index contributed by atoms with van der Waals surface area (Å²) < 4.78 is 1.74. The lowest BCUT2D eigenvalue weighted by atomic mass is 9.49. The highest BCUT2D eigenvalue weighted by molar-refractivity contribution is 5.91. The molecule has 2 amide bonds. The molecule has 5 aliphatic rings. The third kappa shape index (κ3) is 2.97. The predicted octanol–water partition coefficient (Wildman–Crippen LogP) is 2.24. The van der Waals surface area contributed by atoms with E-state index in [4.69, 9.17) is 0 Å². The molecule has 4 bridgehead atoms. The molecular weight excluding hydrogens is 340 g/mol. The summed E-state index contributed by atoms with van der Waals surface area (Å²) in [7, 11) is 1.87. The summed E-state index contributed by atoms with van der Waals surface area (Å²) in [6.07, 6.45) is 12.6. The van der Waals surface area contributed by atoms with Crippen LogP contribution in [0.5, 0.6) is 0 Å². The molecule has 1 aromatic rings. The lowest BCUT2D eigenvalue weighted by molar-refractivity contribution is -0.160. The van der Waals surface area contributed by atoms with Crippen molar-refractivity contribution >= 4 is 11.8 Å². The van der Waals surface area contributed by atoms with Gasteiger partial charge in [0.2, 0.25) is 11.8 Å². The van der Waals surface area contributed by atoms with E-state index in [1.807, 2.05) is 18.1 Å². The molecule has 4 saturated carbocycles. The Morgan fingerprint density at radius 2 is 1.85 bits per heavy atom. The van der Waals surface area contributed by atoms with Crippen LogP contribution >= 0.6 is 0 Å². The molecule has 1 atom stereocenters. The van der Waals surface area contributed by atoms with E-state index in [0.717, 1.165) is 62.0 Å². The number of hydrogen-bond donors (Lipinski definition) is 1. The first-order valence-electron chi connectivity index (χ1n) is 10.6. The van der Waals surface area contributed by atoms with Crippen LogP contribution in [0.4, 0.5) is 0 Å². The van der Waals surface area contributed by atoms with Crippen molar-refractivity contribution in [1.82, 2.24) is 20.0 Å². The molecule has 0 radical (unpaired) electrons. The Bertz CT molecular complexity index is 720. The maximum atomic E-state index is 13.6. The Morgan fingerprint density at radius 1 is 1.19 bits per heavy atom. The summed E-state index contributed by atoms with van der Waals surface area (Å²) in [5.74, 6) is 2.54. The van der Waals surface area contributed by atoms with Crippen molar-refractivity contribution in [2.45, 2.75) is 64.0 Å². The number of amides is 2. The molecule has 6 nitrogen and oxygen atoms in total. The van der Waals surface area contributed by atoms with E-state index >= 15 is 0 Å². The molecule has 2 heterocycles. The highest BCUT2D eigenvalue weighted by Crippen LogP contribution is 2.60. The van der Waals surface area contributed by atoms with Gasteiger partial charge in [0, 0.05) is 31.9 Å². The number of aryl methyl sites for hydroxylation is 1. The van der Waals surface area contributed by atoms with Gasteiger partial charge in [0.15, 0.2) is 0 Å². The van der Waals surface area contributed by atoms with E-state index in [2.05, 4.69) is 10.4 Å². The van der Waals surface area contributed by atoms with Gasteiger partial charge in [0.1, 0.15) is 6.04 Å². The van der Waals surface area contributed by atoms with Crippen molar-refractivity contribution in [2.24, 2.45) is 30.2 Å². The van der Waals surface area contributed by atoms with E-state index in [-0.39, 0.29) is 17.4 Å². The highest BCUT2D eigenvalue weighted by atomic mass is 16.2. The highest BCUT2D eigenvalue weighted by Gasteiger charge is 2.56. The van der Waals surface area contributed by atoms with Crippen LogP contribution in [0.25, 0.3) is 0 Å². The average Bonchev–Trinajstić information content (AvgIpc) is 3.27. The van der Waals surface area contributed by atoms with Gasteiger partial charge in [-0.05, 0) is 69.1 Å². The van der Waals surface area contributed by atoms with E-state index in [0.29, 0.717) is 12.5 Å². The number of likely N-dealkylation sites (tertiary alicyclic amines) is 1. The van der Waals surface area contributed by atoms with Crippen molar-refractivity contribution in [3.05, 3.63) is 18.0 Å². The van der Waals surface area contributed by atoms with Gasteiger partial charge in [-0.2, -0.15) is 5.10 Å². The van der Waals surface area contributed by atoms with Crippen molar-refractivity contribution in [3.8, 4) is 0 Å². The number of nitrogens with zero attached hydrogens (tertiary/aromatic N) is 3. The Morgan fingerprint density at radius 3 is 2.44 bits per heavy atom. The Kier molecular flexibility index (Phi) is 4.06. The monoisotopic (exact) mass is 370 g/mol. The third-order valence-corrected chi connectivity index (χ3v) is 7.53. The lowest BCUT2D eigenvalue weighted by Crippen LogP contribution is -2.57. The molecule has 1 unspecified atom stereocenters. The Hall–Kier alpha value is -1.85. The first kappa shape index (κ1) is 17.3. The summed E-state index contributed by atoms with van der Waals surface area (Å²) in [6.45, 7) is 1.22. The molecule has 146 valence electrons. The molecule has 0 spiro atoms. The predicted molar refractivity (Wildman–Crippen MR) is 100 cm³/mol. The van der Waals surface area contributed by atoms with Crippen molar-refractivity contribution in [2.75, 3.05) is 6.54 Å². The smallest absolute Gasteiger partial charge is 0.243 e. The van der Waals surface area contributed by atoms with E-state index < -0.39 is 0 Å². The number of hydrogen-bond acceptors (Lipinski definition) is 3. The summed E-state index contributed by atoms with van der Waals surface area (Å²) in [6, 6.07) is -0.290. The largest absolute Gasteiger partial charge is 0.350 e. The molecule has 4 aliphatic carbocycles. The average molecular weight is 370 g/mol. The van der Waals surface area contributed by atoms with E-state index in [9.17, 15) is 9.59 Å². The molecular formula is C21H30N4O2. The van der Waals surface area contributed by atoms with Crippen LogP contribution < -0.4 is 5.32 Å². The summed E-state index contributed by atoms with van der Waals surface area (Å²) >= 11 is 0. The first-order valence-corrected chi connectivity index (χ1v) is 10.6. The second-order valence-corrected chi connectivity index (χ2v) is 9.59. The van der Waals surface area contributed by atoms with Crippen LogP contribution in [-0.2, 0) is 23.2 Å². The molecule has 5 fully saturated rings. The number of aromatic nitrogens is 2. The van der Waals surface area contributed by atoms with Gasteiger partial charge in [-0.3, -0.25) is 14.3 Å². The van der Waals surface area contributed by atoms with Gasteiger partial charge in [-0.25, -0.2) is 0 Å². The topological polar surface area (TPSA) is 67.2 Å². The molecule has 1 aliphatic heterocycles. The van der Waals surface area contributed by atoms with Crippen LogP contribution in [0, 0.1) is 23.2 Å². The van der Waals surface area contributed by atoms with Crippen LogP contribution in [0.15, 0.2) is 12.4 Å². The number of rotatable bonds is 4. The molecule has 6 heteroatoms. The SMILES string of the molecule is Cn1cc(CNC(=O)C2CCCN2C(=O)C23CC4CC(CC(C4)C2)C3)cn1. The third-order valence-electron chi connectivity index (χ3n) is 7.53. The minimum Gasteiger partial charge on any atom is -0.350 e. The summed E-state index contributed by atoms with van der Waals surface area (Å²) in [4.78, 5) is 28.4. The second-order valence-electron chi connectivity index (χ2n) is 9.59. The first-order chi connectivity index (χ1) is 13.0. The van der Waals surface area contributed by atoms with Crippen LogP contribution in [0.1, 0.15) is 56.9 Å². The Labute approximate surface area is 160 Å². The number of carbonyl (C=O) groups is 2. The molecule has 1 saturated heterocycles. The van der Waals surface area contributed by atoms with Crippen molar-refractivity contribution in [3.63, 3.8) is 0 Å². The van der Waals surface area contributed by atoms with Gasteiger partial charge in [0.25, 0.3) is 0 Å². The van der Waals surface area contributed by atoms with E-state index in [1.54, 1.807) is 10.9 Å². The van der Waals surface area contributed by atoms with Gasteiger partial charge in [-0.15, -0.1) is 0 Å². The molecule has 27 heavy (non-hydrogen) atoms. The number of carbonyl (C=O) groups excluding carboxylic acids is 2. The summed E-state index contributed by atoms with van der Waals surface area (Å²) in [5.41, 5.74) is 0.837. The molecule has 1 N–H and O–H groups in total. The maximum absolute atomic E-state index is 13.6. The molecule has 6 rings (SSSR count). The fourth-order valence-corrected chi connectivity index (χ4v) is 6.83. The zero-order valence-corrected chi connectivity index (χ0v) is 16.2. The molecule has 1 aromatic heterocycles. The van der Waals surface area contributed by atoms with Crippen LogP contribution in [0.2, 0.25) is 0 Å². The second kappa shape index (κ2) is 6.35. The van der Waals surface area contributed by atoms with E-state index in [1.165, 1.54) is 19.3 Å². The van der Waals surface area contributed by atoms with Gasteiger partial charge in [-0.1, -0.05) is 0 Å². The Balaban J connectivity index is 1.28. The molecule has 0 aromatic carbocycles. The van der Waals surface area contributed by atoms with Crippen LogP contribution in [0.3, 0.4) is 0 Å². The van der Waals surface area contributed by atoms with Gasteiger partial charge < -0.3 is 10.2 Å². The fraction of sp³-hybridized carbons (Fsp3) is 0.762.